The van der Waals surface area contributed by atoms with Crippen LogP contribution in [0, 0.1) is 17.2 Å². The van der Waals surface area contributed by atoms with Crippen LogP contribution < -0.4 is 5.73 Å². The van der Waals surface area contributed by atoms with E-state index in [1.807, 2.05) is 30.3 Å². The lowest BCUT2D eigenvalue weighted by Gasteiger charge is -2.24. The summed E-state index contributed by atoms with van der Waals surface area (Å²) in [6.07, 6.45) is 10.1. The molecule has 3 rings (SSSR count). The number of amidine groups is 1. The monoisotopic (exact) mass is 367 g/mol. The van der Waals surface area contributed by atoms with E-state index < -0.39 is 0 Å². The van der Waals surface area contributed by atoms with Crippen LogP contribution in [0.3, 0.4) is 0 Å². The van der Waals surface area contributed by atoms with Crippen LogP contribution in [0.2, 0.25) is 5.02 Å². The zero-order chi connectivity index (χ0) is 18.4. The fourth-order valence-electron chi connectivity index (χ4n) is 3.25. The predicted molar refractivity (Wildman–Crippen MR) is 106 cm³/mol. The minimum absolute atomic E-state index is 0.258. The number of H-pyrrole nitrogens is 1. The van der Waals surface area contributed by atoms with Gasteiger partial charge in [-0.2, -0.15) is 5.26 Å². The molecule has 3 N–H and O–H groups in total. The van der Waals surface area contributed by atoms with Gasteiger partial charge in [0.25, 0.3) is 0 Å². The predicted octanol–water partition coefficient (Wildman–Crippen LogP) is 4.57. The van der Waals surface area contributed by atoms with E-state index in [2.05, 4.69) is 21.0 Å². The maximum atomic E-state index is 8.77. The summed E-state index contributed by atoms with van der Waals surface area (Å²) in [5.41, 5.74) is 7.92. The number of rotatable bonds is 5. The molecular weight excluding hydrogens is 346 g/mol. The van der Waals surface area contributed by atoms with Crippen molar-refractivity contribution in [3.05, 3.63) is 47.4 Å². The first-order chi connectivity index (χ1) is 12.6. The summed E-state index contributed by atoms with van der Waals surface area (Å²) in [4.78, 5) is 12.2. The number of aromatic amines is 1. The van der Waals surface area contributed by atoms with E-state index >= 15 is 0 Å². The standard InChI is InChI=1S/C20H22ClN5/c21-16-3-1-2-15(12-16)18-13-24-20(26-18)9-8-19(23)25-17-6-4-14(5-7-17)10-11-22/h1-3,8-9,12-14,17H,4-7,10H2,(H2,23,25)(H,24,26)/b9-8-. The first-order valence-corrected chi connectivity index (χ1v) is 9.21. The van der Waals surface area contributed by atoms with Crippen molar-refractivity contribution in [2.75, 3.05) is 0 Å². The van der Waals surface area contributed by atoms with Gasteiger partial charge in [-0.3, -0.25) is 4.99 Å². The molecule has 0 saturated heterocycles. The fraction of sp³-hybridized carbons (Fsp3) is 0.350. The highest BCUT2D eigenvalue weighted by atomic mass is 35.5. The van der Waals surface area contributed by atoms with Gasteiger partial charge in [0, 0.05) is 17.0 Å². The van der Waals surface area contributed by atoms with Crippen LogP contribution in [0.5, 0.6) is 0 Å². The molecule has 134 valence electrons. The van der Waals surface area contributed by atoms with Crippen molar-refractivity contribution in [1.82, 2.24) is 9.97 Å². The van der Waals surface area contributed by atoms with Crippen molar-refractivity contribution in [2.45, 2.75) is 38.1 Å². The van der Waals surface area contributed by atoms with E-state index in [1.54, 1.807) is 12.3 Å². The van der Waals surface area contributed by atoms with E-state index in [0.29, 0.717) is 23.2 Å². The first-order valence-electron chi connectivity index (χ1n) is 8.83. The van der Waals surface area contributed by atoms with Crippen molar-refractivity contribution >= 4 is 23.5 Å². The molecule has 2 aromatic rings. The molecular formula is C20H22ClN5. The summed E-state index contributed by atoms with van der Waals surface area (Å²) in [5, 5.41) is 9.46. The van der Waals surface area contributed by atoms with Crippen molar-refractivity contribution < 1.29 is 0 Å². The highest BCUT2D eigenvalue weighted by Gasteiger charge is 2.20. The van der Waals surface area contributed by atoms with Gasteiger partial charge in [-0.25, -0.2) is 4.98 Å². The van der Waals surface area contributed by atoms with E-state index in [0.717, 1.165) is 42.8 Å². The van der Waals surface area contributed by atoms with Crippen LogP contribution in [0.25, 0.3) is 17.3 Å². The summed E-state index contributed by atoms with van der Waals surface area (Å²) >= 11 is 6.03. The lowest BCUT2D eigenvalue weighted by Crippen LogP contribution is -2.20. The zero-order valence-corrected chi connectivity index (χ0v) is 15.3. The Balaban J connectivity index is 1.59. The Kier molecular flexibility index (Phi) is 6.08. The molecule has 0 aliphatic heterocycles. The molecule has 1 aromatic heterocycles. The molecule has 0 amide bonds. The van der Waals surface area contributed by atoms with Crippen molar-refractivity contribution in [3.63, 3.8) is 0 Å². The van der Waals surface area contributed by atoms with Crippen molar-refractivity contribution in [1.29, 1.82) is 5.26 Å². The van der Waals surface area contributed by atoms with Crippen LogP contribution in [0.4, 0.5) is 0 Å². The Bertz CT molecular complexity index is 838. The number of halogens is 1. The molecule has 1 aromatic carbocycles. The summed E-state index contributed by atoms with van der Waals surface area (Å²) in [7, 11) is 0. The van der Waals surface area contributed by atoms with Crippen LogP contribution in [0.1, 0.15) is 37.9 Å². The summed E-state index contributed by atoms with van der Waals surface area (Å²) < 4.78 is 0. The lowest BCUT2D eigenvalue weighted by molar-refractivity contribution is 0.332. The van der Waals surface area contributed by atoms with E-state index in [1.165, 1.54) is 0 Å². The number of nitriles is 1. The number of aromatic nitrogens is 2. The van der Waals surface area contributed by atoms with Gasteiger partial charge in [0.15, 0.2) is 0 Å². The number of imidazole rings is 1. The molecule has 26 heavy (non-hydrogen) atoms. The van der Waals surface area contributed by atoms with Gasteiger partial charge in [-0.05, 0) is 55.9 Å². The molecule has 1 heterocycles. The Morgan fingerprint density at radius 1 is 1.38 bits per heavy atom. The molecule has 6 heteroatoms. The molecule has 0 radical (unpaired) electrons. The molecule has 0 spiro atoms. The molecule has 1 aliphatic rings. The third-order valence-electron chi connectivity index (χ3n) is 4.67. The van der Waals surface area contributed by atoms with Crippen LogP contribution in [-0.4, -0.2) is 21.8 Å². The fourth-order valence-corrected chi connectivity index (χ4v) is 3.44. The van der Waals surface area contributed by atoms with Crippen LogP contribution in [-0.2, 0) is 0 Å². The Morgan fingerprint density at radius 2 is 2.19 bits per heavy atom. The highest BCUT2D eigenvalue weighted by molar-refractivity contribution is 6.30. The largest absolute Gasteiger partial charge is 0.384 e. The molecule has 0 bridgehead atoms. The van der Waals surface area contributed by atoms with Gasteiger partial charge in [-0.15, -0.1) is 0 Å². The highest BCUT2D eigenvalue weighted by Crippen LogP contribution is 2.28. The van der Waals surface area contributed by atoms with Gasteiger partial charge in [-0.1, -0.05) is 23.7 Å². The van der Waals surface area contributed by atoms with Gasteiger partial charge >= 0.3 is 0 Å². The molecule has 1 aliphatic carbocycles. The van der Waals surface area contributed by atoms with Gasteiger partial charge < -0.3 is 10.7 Å². The second-order valence-electron chi connectivity index (χ2n) is 6.62. The van der Waals surface area contributed by atoms with Crippen molar-refractivity contribution in [3.8, 4) is 17.3 Å². The van der Waals surface area contributed by atoms with E-state index in [-0.39, 0.29) is 6.04 Å². The number of nitrogens with two attached hydrogens (primary N) is 1. The SMILES string of the molecule is N#CCC1CCC(N=C(N)/C=C\c2ncc(-c3cccc(Cl)c3)[nH]2)CC1. The smallest absolute Gasteiger partial charge is 0.130 e. The Morgan fingerprint density at radius 3 is 2.92 bits per heavy atom. The normalized spacial score (nSPS) is 21.0. The average molecular weight is 368 g/mol. The molecule has 1 saturated carbocycles. The number of nitrogens with one attached hydrogen (secondary N) is 1. The topological polar surface area (TPSA) is 90.8 Å². The van der Waals surface area contributed by atoms with Gasteiger partial charge in [0.1, 0.15) is 11.7 Å². The Labute approximate surface area is 158 Å². The van der Waals surface area contributed by atoms with Crippen LogP contribution in [0.15, 0.2) is 41.5 Å². The Hall–Kier alpha value is -2.58. The van der Waals surface area contributed by atoms with Gasteiger partial charge in [0.05, 0.1) is 24.0 Å². The first kappa shape index (κ1) is 18.2. The average Bonchev–Trinajstić information content (AvgIpc) is 3.11. The van der Waals surface area contributed by atoms with Gasteiger partial charge in [0.2, 0.25) is 0 Å². The molecule has 5 nitrogen and oxygen atoms in total. The second kappa shape index (κ2) is 8.68. The second-order valence-corrected chi connectivity index (χ2v) is 7.05. The van der Waals surface area contributed by atoms with E-state index in [9.17, 15) is 0 Å². The summed E-state index contributed by atoms with van der Waals surface area (Å²) in [5.74, 6) is 1.75. The number of nitrogens with zero attached hydrogens (tertiary/aromatic N) is 3. The number of benzene rings is 1. The third kappa shape index (κ3) is 4.96. The van der Waals surface area contributed by atoms with Crippen LogP contribution >= 0.6 is 11.6 Å². The van der Waals surface area contributed by atoms with E-state index in [4.69, 9.17) is 22.6 Å². The number of aliphatic imine (C=N–C) groups is 1. The molecule has 0 atom stereocenters. The minimum Gasteiger partial charge on any atom is -0.384 e. The lowest BCUT2D eigenvalue weighted by atomic mass is 9.85. The molecule has 1 fully saturated rings. The zero-order valence-electron chi connectivity index (χ0n) is 14.5. The number of hydrogen-bond acceptors (Lipinski definition) is 3. The summed E-state index contributed by atoms with van der Waals surface area (Å²) in [6, 6.07) is 10.1. The maximum absolute atomic E-state index is 8.77. The maximum Gasteiger partial charge on any atom is 0.130 e. The quantitative estimate of drug-likeness (QED) is 0.598. The van der Waals surface area contributed by atoms with Crippen molar-refractivity contribution in [2.24, 2.45) is 16.6 Å². The number of hydrogen-bond donors (Lipinski definition) is 2. The molecule has 0 unspecified atom stereocenters. The summed E-state index contributed by atoms with van der Waals surface area (Å²) in [6.45, 7) is 0. The third-order valence-corrected chi connectivity index (χ3v) is 4.91. The minimum atomic E-state index is 0.258.